The van der Waals surface area contributed by atoms with E-state index < -0.39 is 30.3 Å². The lowest BCUT2D eigenvalue weighted by atomic mass is 9.98. The van der Waals surface area contributed by atoms with E-state index in [4.69, 9.17) is 9.47 Å². The van der Waals surface area contributed by atoms with Crippen molar-refractivity contribution in [2.24, 2.45) is 0 Å². The highest BCUT2D eigenvalue weighted by Crippen LogP contribution is 2.39. The number of benzene rings is 3. The van der Waals surface area contributed by atoms with Crippen LogP contribution >= 0.6 is 0 Å². The number of nitrogens with zero attached hydrogens (tertiary/aromatic N) is 2. The highest BCUT2D eigenvalue weighted by molar-refractivity contribution is 5.90. The highest BCUT2D eigenvalue weighted by atomic mass is 19.4. The molecule has 0 bridgehead atoms. The van der Waals surface area contributed by atoms with Gasteiger partial charge in [0.1, 0.15) is 6.04 Å². The van der Waals surface area contributed by atoms with Crippen molar-refractivity contribution in [3.63, 3.8) is 0 Å². The van der Waals surface area contributed by atoms with Crippen LogP contribution in [0.3, 0.4) is 0 Å². The summed E-state index contributed by atoms with van der Waals surface area (Å²) in [5.41, 5.74) is 5.20. The summed E-state index contributed by atoms with van der Waals surface area (Å²) in [4.78, 5) is 27.4. The van der Waals surface area contributed by atoms with Crippen molar-refractivity contribution < 1.29 is 37.3 Å². The van der Waals surface area contributed by atoms with Gasteiger partial charge in [0.15, 0.2) is 6.29 Å². The summed E-state index contributed by atoms with van der Waals surface area (Å²) >= 11 is 0. The second-order valence-electron chi connectivity index (χ2n) is 12.1. The number of aliphatic hydroxyl groups excluding tert-OH is 1. The standard InChI is InChI=1S/C36H40F3N3O5/c1-3-16-41(2)22-30-20-32(26-14-12-24(23-43)13-15-26)47-34(46-30)29-10-5-9-28(19-29)27-8-4-7-25(18-27)21-40-33(44)31-11-6-17-42(31)35(45)36(37,38)39/h3-5,7-10,12-15,18-19,30-32,34,43H,1,6,11,16-17,20-23H2,2H3,(H,40,44)/t30-,31-,32+,34+/m0/s1. The second kappa shape index (κ2) is 15.2. The summed E-state index contributed by atoms with van der Waals surface area (Å²) in [7, 11) is 2.02. The molecular weight excluding hydrogens is 611 g/mol. The van der Waals surface area contributed by atoms with Crippen LogP contribution in [-0.2, 0) is 32.2 Å². The SMILES string of the molecule is C=CCN(C)C[C@@H]1C[C@H](c2ccc(CO)cc2)O[C@H](c2cccc(-c3cccc(CNC(=O)[C@@H]4CCCN4C(=O)C(F)(F)F)c3)c2)O1. The fraction of sp³-hybridized carbons (Fsp3) is 0.389. The molecule has 250 valence electrons. The first kappa shape index (κ1) is 34.3. The van der Waals surface area contributed by atoms with Crippen molar-refractivity contribution in [1.29, 1.82) is 0 Å². The molecule has 3 aromatic carbocycles. The van der Waals surface area contributed by atoms with Crippen LogP contribution in [0.15, 0.2) is 85.5 Å². The fourth-order valence-corrected chi connectivity index (χ4v) is 6.15. The minimum Gasteiger partial charge on any atom is -0.392 e. The van der Waals surface area contributed by atoms with E-state index in [2.05, 4.69) is 16.8 Å². The monoisotopic (exact) mass is 651 g/mol. The van der Waals surface area contributed by atoms with E-state index in [9.17, 15) is 27.9 Å². The predicted molar refractivity (Wildman–Crippen MR) is 171 cm³/mol. The molecule has 2 saturated heterocycles. The Hall–Kier alpha value is -4.03. The van der Waals surface area contributed by atoms with Crippen molar-refractivity contribution in [3.8, 4) is 11.1 Å². The molecule has 2 fully saturated rings. The van der Waals surface area contributed by atoms with Crippen molar-refractivity contribution >= 4 is 11.8 Å². The number of hydrogen-bond donors (Lipinski definition) is 2. The average Bonchev–Trinajstić information content (AvgIpc) is 3.57. The van der Waals surface area contributed by atoms with Gasteiger partial charge in [-0.25, -0.2) is 0 Å². The number of likely N-dealkylation sites (tertiary alicyclic amines) is 1. The molecule has 0 radical (unpaired) electrons. The number of carbonyl (C=O) groups is 2. The summed E-state index contributed by atoms with van der Waals surface area (Å²) in [5.74, 6) is -2.59. The first-order valence-electron chi connectivity index (χ1n) is 15.7. The molecule has 0 spiro atoms. The van der Waals surface area contributed by atoms with E-state index in [1.807, 2.05) is 85.9 Å². The third-order valence-corrected chi connectivity index (χ3v) is 8.52. The Balaban J connectivity index is 1.30. The molecule has 11 heteroatoms. The van der Waals surface area contributed by atoms with Crippen molar-refractivity contribution in [3.05, 3.63) is 108 Å². The van der Waals surface area contributed by atoms with E-state index in [0.29, 0.717) is 24.3 Å². The van der Waals surface area contributed by atoms with Gasteiger partial charge in [-0.1, -0.05) is 66.7 Å². The van der Waals surface area contributed by atoms with Gasteiger partial charge in [0, 0.05) is 38.2 Å². The summed E-state index contributed by atoms with van der Waals surface area (Å²) in [6.07, 6.45) is -2.95. The van der Waals surface area contributed by atoms with E-state index in [1.54, 1.807) is 0 Å². The Bertz CT molecular complexity index is 1550. The van der Waals surface area contributed by atoms with E-state index in [1.165, 1.54) is 0 Å². The maximum absolute atomic E-state index is 13.0. The second-order valence-corrected chi connectivity index (χ2v) is 12.1. The molecule has 3 aromatic rings. The lowest BCUT2D eigenvalue weighted by Gasteiger charge is -2.37. The Morgan fingerprint density at radius 2 is 1.74 bits per heavy atom. The van der Waals surface area contributed by atoms with Gasteiger partial charge in [-0.3, -0.25) is 9.59 Å². The topological polar surface area (TPSA) is 91.3 Å². The van der Waals surface area contributed by atoms with Gasteiger partial charge in [0.05, 0.1) is 18.8 Å². The van der Waals surface area contributed by atoms with Crippen LogP contribution in [-0.4, -0.2) is 71.7 Å². The molecule has 8 nitrogen and oxygen atoms in total. The largest absolute Gasteiger partial charge is 0.471 e. The van der Waals surface area contributed by atoms with Gasteiger partial charge >= 0.3 is 12.1 Å². The lowest BCUT2D eigenvalue weighted by molar-refractivity contribution is -0.252. The van der Waals surface area contributed by atoms with E-state index >= 15 is 0 Å². The molecule has 0 aromatic heterocycles. The van der Waals surface area contributed by atoms with Crippen LogP contribution in [0.25, 0.3) is 11.1 Å². The van der Waals surface area contributed by atoms with Gasteiger partial charge in [-0.2, -0.15) is 13.2 Å². The zero-order chi connectivity index (χ0) is 33.6. The van der Waals surface area contributed by atoms with Crippen LogP contribution in [0.1, 0.15) is 53.9 Å². The molecular formula is C36H40F3N3O5. The van der Waals surface area contributed by atoms with Crippen LogP contribution < -0.4 is 5.32 Å². The van der Waals surface area contributed by atoms with Gasteiger partial charge < -0.3 is 29.7 Å². The number of rotatable bonds is 11. The van der Waals surface area contributed by atoms with E-state index in [0.717, 1.165) is 39.9 Å². The Kier molecular flexibility index (Phi) is 11.1. The molecule has 2 aliphatic heterocycles. The van der Waals surface area contributed by atoms with Gasteiger partial charge in [-0.15, -0.1) is 6.58 Å². The highest BCUT2D eigenvalue weighted by Gasteiger charge is 2.47. The summed E-state index contributed by atoms with van der Waals surface area (Å²) in [6.45, 7) is 5.21. The number of aliphatic hydroxyl groups is 1. The Labute approximate surface area is 272 Å². The molecule has 4 atom stereocenters. The normalized spacial score (nSPS) is 21.5. The van der Waals surface area contributed by atoms with E-state index in [-0.39, 0.29) is 38.3 Å². The number of likely N-dealkylation sites (N-methyl/N-ethyl adjacent to an activating group) is 1. The van der Waals surface area contributed by atoms with Crippen LogP contribution in [0.4, 0.5) is 13.2 Å². The quantitative estimate of drug-likeness (QED) is 0.260. The first-order valence-corrected chi connectivity index (χ1v) is 15.7. The van der Waals surface area contributed by atoms with Crippen LogP contribution in [0.5, 0.6) is 0 Å². The van der Waals surface area contributed by atoms with Crippen molar-refractivity contribution in [2.75, 3.05) is 26.7 Å². The third-order valence-electron chi connectivity index (χ3n) is 8.52. The number of carbonyl (C=O) groups excluding carboxylic acids is 2. The van der Waals surface area contributed by atoms with Crippen LogP contribution in [0, 0.1) is 0 Å². The molecule has 2 N–H and O–H groups in total. The number of amides is 2. The zero-order valence-electron chi connectivity index (χ0n) is 26.3. The zero-order valence-corrected chi connectivity index (χ0v) is 26.3. The smallest absolute Gasteiger partial charge is 0.392 e. The number of nitrogens with one attached hydrogen (secondary N) is 1. The number of halogens is 3. The maximum atomic E-state index is 13.0. The maximum Gasteiger partial charge on any atom is 0.471 e. The number of hydrogen-bond acceptors (Lipinski definition) is 6. The number of ether oxygens (including phenoxy) is 2. The molecule has 2 heterocycles. The first-order chi connectivity index (χ1) is 22.5. The minimum atomic E-state index is -5.02. The predicted octanol–water partition coefficient (Wildman–Crippen LogP) is 5.68. The average molecular weight is 652 g/mol. The molecule has 0 aliphatic carbocycles. The summed E-state index contributed by atoms with van der Waals surface area (Å²) in [6, 6.07) is 22.0. The van der Waals surface area contributed by atoms with Crippen LogP contribution in [0.2, 0.25) is 0 Å². The molecule has 0 saturated carbocycles. The Morgan fingerprint density at radius 3 is 2.45 bits per heavy atom. The minimum absolute atomic E-state index is 0.0328. The number of alkyl halides is 3. The fourth-order valence-electron chi connectivity index (χ4n) is 6.15. The summed E-state index contributed by atoms with van der Waals surface area (Å²) in [5, 5.41) is 12.2. The van der Waals surface area contributed by atoms with Gasteiger partial charge in [0.25, 0.3) is 0 Å². The van der Waals surface area contributed by atoms with Gasteiger partial charge in [-0.05, 0) is 59.8 Å². The lowest BCUT2D eigenvalue weighted by Crippen LogP contribution is -2.50. The molecule has 2 aliphatic rings. The molecule has 47 heavy (non-hydrogen) atoms. The van der Waals surface area contributed by atoms with Crippen molar-refractivity contribution in [1.82, 2.24) is 15.1 Å². The molecule has 0 unspecified atom stereocenters. The van der Waals surface area contributed by atoms with Crippen molar-refractivity contribution in [2.45, 2.75) is 63.1 Å². The molecule has 2 amide bonds. The summed E-state index contributed by atoms with van der Waals surface area (Å²) < 4.78 is 52.0. The van der Waals surface area contributed by atoms with Gasteiger partial charge in [0.2, 0.25) is 5.91 Å². The third kappa shape index (κ3) is 8.66. The molecule has 5 rings (SSSR count). The Morgan fingerprint density at radius 1 is 1.02 bits per heavy atom.